The minimum absolute atomic E-state index is 0.334. The molecule has 1 saturated carbocycles. The second kappa shape index (κ2) is 6.57. The minimum Gasteiger partial charge on any atom is -0.381 e. The normalized spacial score (nSPS) is 21.0. The number of aromatic nitrogens is 4. The van der Waals surface area contributed by atoms with Crippen molar-refractivity contribution in [2.75, 3.05) is 12.4 Å². The summed E-state index contributed by atoms with van der Waals surface area (Å²) in [5.41, 5.74) is 1.81. The highest BCUT2D eigenvalue weighted by molar-refractivity contribution is 5.87. The van der Waals surface area contributed by atoms with Gasteiger partial charge in [0.25, 0.3) is 0 Å². The van der Waals surface area contributed by atoms with Gasteiger partial charge in [0.2, 0.25) is 0 Å². The third kappa shape index (κ3) is 2.85. The lowest BCUT2D eigenvalue weighted by Gasteiger charge is -2.29. The summed E-state index contributed by atoms with van der Waals surface area (Å²) in [6, 6.07) is 10.4. The maximum atomic E-state index is 5.52. The maximum Gasteiger partial charge on any atom is 0.168 e. The smallest absolute Gasteiger partial charge is 0.168 e. The van der Waals surface area contributed by atoms with E-state index in [1.54, 1.807) is 13.4 Å². The molecule has 1 fully saturated rings. The average Bonchev–Trinajstić information content (AvgIpc) is 3.08. The summed E-state index contributed by atoms with van der Waals surface area (Å²) >= 11 is 0. The Morgan fingerprint density at radius 3 is 2.88 bits per heavy atom. The summed E-state index contributed by atoms with van der Waals surface area (Å²) in [6.45, 7) is 0. The van der Waals surface area contributed by atoms with Crippen LogP contribution in [0.4, 0.5) is 5.82 Å². The molecule has 4 rings (SSSR count). The van der Waals surface area contributed by atoms with Gasteiger partial charge in [-0.1, -0.05) is 18.2 Å². The highest BCUT2D eigenvalue weighted by Gasteiger charge is 2.23. The van der Waals surface area contributed by atoms with E-state index in [9.17, 15) is 0 Å². The van der Waals surface area contributed by atoms with Crippen LogP contribution in [0.15, 0.2) is 42.9 Å². The molecular weight excluding hydrogens is 302 g/mol. The number of benzene rings is 1. The largest absolute Gasteiger partial charge is 0.381 e. The molecule has 6 nitrogen and oxygen atoms in total. The van der Waals surface area contributed by atoms with E-state index in [0.717, 1.165) is 41.8 Å². The molecule has 124 valence electrons. The second-order valence-electron chi connectivity index (χ2n) is 6.22. The summed E-state index contributed by atoms with van der Waals surface area (Å²) in [7, 11) is 1.79. The summed E-state index contributed by atoms with van der Waals surface area (Å²) in [6.07, 6.45) is 8.23. The van der Waals surface area contributed by atoms with Crippen molar-refractivity contribution in [3.63, 3.8) is 0 Å². The Balaban J connectivity index is 1.64. The van der Waals surface area contributed by atoms with Crippen molar-refractivity contribution in [1.29, 1.82) is 0 Å². The molecular formula is C18H21N5O. The zero-order valence-electron chi connectivity index (χ0n) is 13.7. The van der Waals surface area contributed by atoms with Gasteiger partial charge in [-0.05, 0) is 37.8 Å². The molecule has 1 aliphatic carbocycles. The highest BCUT2D eigenvalue weighted by atomic mass is 16.5. The number of nitrogens with one attached hydrogen (secondary N) is 1. The quantitative estimate of drug-likeness (QED) is 0.799. The molecule has 24 heavy (non-hydrogen) atoms. The van der Waals surface area contributed by atoms with Crippen LogP contribution in [-0.2, 0) is 4.74 Å². The van der Waals surface area contributed by atoms with Gasteiger partial charge in [-0.15, -0.1) is 0 Å². The molecule has 0 bridgehead atoms. The Kier molecular flexibility index (Phi) is 4.13. The lowest BCUT2D eigenvalue weighted by Crippen LogP contribution is -2.31. The molecule has 2 atom stereocenters. The van der Waals surface area contributed by atoms with Crippen LogP contribution < -0.4 is 5.32 Å². The summed E-state index contributed by atoms with van der Waals surface area (Å²) in [5.74, 6) is 0.851. The number of ether oxygens (including phenoxy) is 1. The summed E-state index contributed by atoms with van der Waals surface area (Å²) in [5, 5.41) is 9.01. The molecule has 0 aliphatic heterocycles. The number of hydrogen-bond donors (Lipinski definition) is 1. The Hall–Kier alpha value is -2.47. The van der Waals surface area contributed by atoms with Crippen LogP contribution in [0.25, 0.3) is 16.7 Å². The van der Waals surface area contributed by atoms with E-state index >= 15 is 0 Å². The van der Waals surface area contributed by atoms with E-state index in [2.05, 4.69) is 20.4 Å². The summed E-state index contributed by atoms with van der Waals surface area (Å²) in [4.78, 5) is 8.87. The van der Waals surface area contributed by atoms with Crippen molar-refractivity contribution >= 4 is 16.9 Å². The first-order valence-electron chi connectivity index (χ1n) is 8.38. The molecule has 0 radical (unpaired) electrons. The van der Waals surface area contributed by atoms with E-state index in [0.29, 0.717) is 12.1 Å². The van der Waals surface area contributed by atoms with Crippen molar-refractivity contribution in [2.45, 2.75) is 37.8 Å². The number of rotatable bonds is 4. The van der Waals surface area contributed by atoms with Crippen LogP contribution in [0.1, 0.15) is 25.7 Å². The van der Waals surface area contributed by atoms with Gasteiger partial charge in [0.05, 0.1) is 23.4 Å². The fourth-order valence-electron chi connectivity index (χ4n) is 3.40. The zero-order chi connectivity index (χ0) is 16.4. The van der Waals surface area contributed by atoms with Gasteiger partial charge in [-0.25, -0.2) is 14.6 Å². The van der Waals surface area contributed by atoms with Crippen LogP contribution in [0.3, 0.4) is 0 Å². The van der Waals surface area contributed by atoms with Gasteiger partial charge in [-0.2, -0.15) is 5.10 Å². The molecule has 2 heterocycles. The first-order chi connectivity index (χ1) is 11.8. The third-order valence-electron chi connectivity index (χ3n) is 4.67. The topological polar surface area (TPSA) is 64.9 Å². The predicted octanol–water partition coefficient (Wildman–Crippen LogP) is 3.19. The van der Waals surface area contributed by atoms with E-state index in [1.165, 1.54) is 6.42 Å². The van der Waals surface area contributed by atoms with E-state index < -0.39 is 0 Å². The van der Waals surface area contributed by atoms with Gasteiger partial charge in [0, 0.05) is 13.2 Å². The third-order valence-corrected chi connectivity index (χ3v) is 4.67. The standard InChI is InChI=1S/C18H21N5O/c1-24-15-9-5-6-13(10-15)22-17-16-11-21-23(18(16)20-12-19-17)14-7-3-2-4-8-14/h2-4,7-8,11-13,15H,5-6,9-10H2,1H3,(H,19,20,22). The van der Waals surface area contributed by atoms with Crippen molar-refractivity contribution < 1.29 is 4.74 Å². The average molecular weight is 323 g/mol. The van der Waals surface area contributed by atoms with Gasteiger partial charge < -0.3 is 10.1 Å². The molecule has 2 unspecified atom stereocenters. The van der Waals surface area contributed by atoms with Crippen LogP contribution in [0.2, 0.25) is 0 Å². The van der Waals surface area contributed by atoms with E-state index in [-0.39, 0.29) is 0 Å². The van der Waals surface area contributed by atoms with Crippen LogP contribution in [0, 0.1) is 0 Å². The predicted molar refractivity (Wildman–Crippen MR) is 93.3 cm³/mol. The van der Waals surface area contributed by atoms with E-state index in [4.69, 9.17) is 4.74 Å². The van der Waals surface area contributed by atoms with Crippen molar-refractivity contribution in [1.82, 2.24) is 19.7 Å². The number of anilines is 1. The molecule has 3 aromatic rings. The first kappa shape index (κ1) is 15.1. The molecule has 0 spiro atoms. The zero-order valence-corrected chi connectivity index (χ0v) is 13.7. The SMILES string of the molecule is COC1CCCC(Nc2ncnc3c2cnn3-c2ccccc2)C1. The Labute approximate surface area is 140 Å². The monoisotopic (exact) mass is 323 g/mol. The fourth-order valence-corrected chi connectivity index (χ4v) is 3.40. The number of nitrogens with zero attached hydrogens (tertiary/aromatic N) is 4. The highest BCUT2D eigenvalue weighted by Crippen LogP contribution is 2.27. The Morgan fingerprint density at radius 1 is 1.17 bits per heavy atom. The van der Waals surface area contributed by atoms with Gasteiger partial charge in [0.15, 0.2) is 5.65 Å². The molecule has 0 saturated heterocycles. The number of hydrogen-bond acceptors (Lipinski definition) is 5. The number of methoxy groups -OCH3 is 1. The van der Waals surface area contributed by atoms with Crippen molar-refractivity contribution in [2.24, 2.45) is 0 Å². The molecule has 1 aliphatic rings. The van der Waals surface area contributed by atoms with Crippen molar-refractivity contribution in [3.8, 4) is 5.69 Å². The van der Waals surface area contributed by atoms with Gasteiger partial charge in [-0.3, -0.25) is 0 Å². The van der Waals surface area contributed by atoms with Crippen LogP contribution in [0.5, 0.6) is 0 Å². The van der Waals surface area contributed by atoms with Gasteiger partial charge >= 0.3 is 0 Å². The fraction of sp³-hybridized carbons (Fsp3) is 0.389. The summed E-state index contributed by atoms with van der Waals surface area (Å²) < 4.78 is 7.37. The van der Waals surface area contributed by atoms with Gasteiger partial charge in [0.1, 0.15) is 12.1 Å². The van der Waals surface area contributed by atoms with Crippen molar-refractivity contribution in [3.05, 3.63) is 42.9 Å². The molecule has 6 heteroatoms. The molecule has 0 amide bonds. The number of para-hydroxylation sites is 1. The Morgan fingerprint density at radius 2 is 2.04 bits per heavy atom. The lowest BCUT2D eigenvalue weighted by molar-refractivity contribution is 0.0669. The second-order valence-corrected chi connectivity index (χ2v) is 6.22. The van der Waals surface area contributed by atoms with Crippen LogP contribution >= 0.6 is 0 Å². The molecule has 1 N–H and O–H groups in total. The number of fused-ring (bicyclic) bond motifs is 1. The van der Waals surface area contributed by atoms with Crippen LogP contribution in [-0.4, -0.2) is 39.0 Å². The maximum absolute atomic E-state index is 5.52. The lowest BCUT2D eigenvalue weighted by atomic mass is 9.93. The first-order valence-corrected chi connectivity index (χ1v) is 8.38. The molecule has 2 aromatic heterocycles. The minimum atomic E-state index is 0.334. The Bertz CT molecular complexity index is 817. The van der Waals surface area contributed by atoms with E-state index in [1.807, 2.05) is 41.2 Å². The molecule has 1 aromatic carbocycles.